The predicted octanol–water partition coefficient (Wildman–Crippen LogP) is 2.39. The van der Waals surface area contributed by atoms with Crippen molar-refractivity contribution in [2.45, 2.75) is 18.0 Å². The molecule has 0 fully saturated rings. The molecule has 0 aliphatic heterocycles. The van der Waals surface area contributed by atoms with E-state index in [1.54, 1.807) is 19.0 Å². The van der Waals surface area contributed by atoms with Crippen LogP contribution < -0.4 is 10.6 Å². The van der Waals surface area contributed by atoms with E-state index >= 15 is 0 Å². The number of nitrogens with two attached hydrogens (primary N) is 1. The van der Waals surface area contributed by atoms with Gasteiger partial charge in [0.25, 0.3) is 0 Å². The Bertz CT molecular complexity index is 955. The topological polar surface area (TPSA) is 102 Å². The second-order valence-electron chi connectivity index (χ2n) is 5.74. The van der Waals surface area contributed by atoms with Gasteiger partial charge in [0.1, 0.15) is 5.69 Å². The fourth-order valence-corrected chi connectivity index (χ4v) is 3.12. The third-order valence-corrected chi connectivity index (χ3v) is 5.36. The average Bonchev–Trinajstić information content (AvgIpc) is 2.60. The lowest BCUT2D eigenvalue weighted by molar-refractivity contribution is -0.137. The first-order chi connectivity index (χ1) is 12.5. The van der Waals surface area contributed by atoms with E-state index in [0.717, 1.165) is 12.1 Å². The van der Waals surface area contributed by atoms with Gasteiger partial charge < -0.3 is 10.6 Å². The number of aliphatic imine (C=N–C) groups is 1. The summed E-state index contributed by atoms with van der Waals surface area (Å²) in [4.78, 5) is 13.2. The Morgan fingerprint density at radius 1 is 1.22 bits per heavy atom. The van der Waals surface area contributed by atoms with Gasteiger partial charge in [0.15, 0.2) is 21.5 Å². The highest BCUT2D eigenvalue weighted by Crippen LogP contribution is 2.29. The monoisotopic (exact) mass is 401 g/mol. The van der Waals surface area contributed by atoms with Gasteiger partial charge in [-0.2, -0.15) is 13.2 Å². The molecule has 0 radical (unpaired) electrons. The zero-order valence-corrected chi connectivity index (χ0v) is 15.6. The van der Waals surface area contributed by atoms with Gasteiger partial charge in [-0.3, -0.25) is 0 Å². The average molecular weight is 401 g/mol. The Balaban J connectivity index is 2.52. The molecule has 0 aliphatic carbocycles. The van der Waals surface area contributed by atoms with Gasteiger partial charge >= 0.3 is 6.18 Å². The van der Waals surface area contributed by atoms with Crippen LogP contribution in [0.5, 0.6) is 0 Å². The maximum absolute atomic E-state index is 12.6. The molecule has 0 saturated carbocycles. The largest absolute Gasteiger partial charge is 0.417 e. The molecule has 2 aromatic heterocycles. The van der Waals surface area contributed by atoms with Crippen LogP contribution >= 0.6 is 0 Å². The zero-order chi connectivity index (χ0) is 20.4. The zero-order valence-electron chi connectivity index (χ0n) is 14.8. The number of alkyl halides is 3. The van der Waals surface area contributed by atoms with Crippen molar-refractivity contribution in [3.8, 4) is 0 Å². The normalized spacial score (nSPS) is 12.9. The number of anilines is 1. The fraction of sp³-hybridized carbons (Fsp3) is 0.312. The number of hydrogen-bond acceptors (Lipinski definition) is 6. The number of halogens is 3. The van der Waals surface area contributed by atoms with E-state index in [2.05, 4.69) is 15.0 Å². The molecule has 0 amide bonds. The predicted molar refractivity (Wildman–Crippen MR) is 95.9 cm³/mol. The molecule has 2 heterocycles. The third-order valence-electron chi connectivity index (χ3n) is 3.62. The Kier molecular flexibility index (Phi) is 5.73. The van der Waals surface area contributed by atoms with Crippen LogP contribution in [0.25, 0.3) is 0 Å². The van der Waals surface area contributed by atoms with E-state index in [9.17, 15) is 21.6 Å². The lowest BCUT2D eigenvalue weighted by Crippen LogP contribution is -2.21. The molecule has 0 spiro atoms. The van der Waals surface area contributed by atoms with E-state index in [1.165, 1.54) is 19.2 Å². The molecule has 0 bridgehead atoms. The Labute approximate surface area is 154 Å². The van der Waals surface area contributed by atoms with Crippen LogP contribution in [-0.2, 0) is 16.0 Å². The number of nitrogens with zero attached hydrogens (tertiary/aromatic N) is 4. The van der Waals surface area contributed by atoms with Crippen molar-refractivity contribution in [3.05, 3.63) is 41.9 Å². The second kappa shape index (κ2) is 7.51. The summed E-state index contributed by atoms with van der Waals surface area (Å²) >= 11 is 0. The van der Waals surface area contributed by atoms with Crippen molar-refractivity contribution < 1.29 is 21.6 Å². The number of hydrogen-bond donors (Lipinski definition) is 1. The van der Waals surface area contributed by atoms with Crippen LogP contribution in [0, 0.1) is 0 Å². The van der Waals surface area contributed by atoms with Crippen molar-refractivity contribution in [2.24, 2.45) is 10.7 Å². The molecule has 0 unspecified atom stereocenters. The number of amidine groups is 1. The summed E-state index contributed by atoms with van der Waals surface area (Å²) in [5.74, 6) is -0.539. The standard InChI is InChI=1S/C16H18F3N5O2S/c1-4-27(25,26)12-7-11(24(2)3)9-22-14(12)15(20)23-13-6-5-10(8-21-13)16(17,18)19/h5-9H,4H2,1-3H3,(H2,20,21,23). The number of rotatable bonds is 5. The van der Waals surface area contributed by atoms with Crippen molar-refractivity contribution in [3.63, 3.8) is 0 Å². The molecule has 0 aromatic carbocycles. The highest BCUT2D eigenvalue weighted by Gasteiger charge is 2.30. The van der Waals surface area contributed by atoms with Crippen LogP contribution in [0.3, 0.4) is 0 Å². The van der Waals surface area contributed by atoms with Gasteiger partial charge in [0.2, 0.25) is 0 Å². The third kappa shape index (κ3) is 4.73. The summed E-state index contributed by atoms with van der Waals surface area (Å²) in [7, 11) is -0.218. The highest BCUT2D eigenvalue weighted by molar-refractivity contribution is 7.91. The molecule has 2 N–H and O–H groups in total. The van der Waals surface area contributed by atoms with E-state index in [-0.39, 0.29) is 28.0 Å². The van der Waals surface area contributed by atoms with Gasteiger partial charge in [0.05, 0.1) is 28.1 Å². The minimum atomic E-state index is -4.52. The molecule has 27 heavy (non-hydrogen) atoms. The highest BCUT2D eigenvalue weighted by atomic mass is 32.2. The van der Waals surface area contributed by atoms with Crippen LogP contribution in [0.15, 0.2) is 40.5 Å². The lowest BCUT2D eigenvalue weighted by Gasteiger charge is -2.15. The summed E-state index contributed by atoms with van der Waals surface area (Å²) < 4.78 is 62.6. The van der Waals surface area contributed by atoms with Gasteiger partial charge in [0, 0.05) is 20.3 Å². The molecule has 0 saturated heterocycles. The molecule has 11 heteroatoms. The molecule has 2 aromatic rings. The summed E-state index contributed by atoms with van der Waals surface area (Å²) in [5.41, 5.74) is 5.42. The van der Waals surface area contributed by atoms with Crippen molar-refractivity contribution in [2.75, 3.05) is 24.7 Å². The first kappa shape index (κ1) is 20.6. The van der Waals surface area contributed by atoms with Gasteiger partial charge in [-0.15, -0.1) is 0 Å². The first-order valence-electron chi connectivity index (χ1n) is 7.73. The van der Waals surface area contributed by atoms with Gasteiger partial charge in [-0.05, 0) is 18.2 Å². The molecule has 146 valence electrons. The first-order valence-corrected chi connectivity index (χ1v) is 9.39. The summed E-state index contributed by atoms with van der Waals surface area (Å²) in [6, 6.07) is 3.27. The van der Waals surface area contributed by atoms with E-state index in [4.69, 9.17) is 5.73 Å². The molecular formula is C16H18F3N5O2S. The SMILES string of the molecule is CCS(=O)(=O)c1cc(N(C)C)cnc1C(N)=Nc1ccc(C(F)(F)F)cn1. The maximum Gasteiger partial charge on any atom is 0.417 e. The number of aromatic nitrogens is 2. The fourth-order valence-electron chi connectivity index (χ4n) is 2.06. The van der Waals surface area contributed by atoms with Crippen LogP contribution in [0.2, 0.25) is 0 Å². The second-order valence-corrected chi connectivity index (χ2v) is 7.98. The lowest BCUT2D eigenvalue weighted by atomic mass is 10.2. The number of sulfone groups is 1. The van der Waals surface area contributed by atoms with E-state index in [1.807, 2.05) is 0 Å². The van der Waals surface area contributed by atoms with E-state index < -0.39 is 21.6 Å². The van der Waals surface area contributed by atoms with Gasteiger partial charge in [-0.25, -0.2) is 23.4 Å². The van der Waals surface area contributed by atoms with Crippen LogP contribution in [-0.4, -0.2) is 44.1 Å². The van der Waals surface area contributed by atoms with Crippen LogP contribution in [0.1, 0.15) is 18.2 Å². The molecule has 7 nitrogen and oxygen atoms in total. The Morgan fingerprint density at radius 2 is 1.89 bits per heavy atom. The minimum Gasteiger partial charge on any atom is -0.382 e. The summed E-state index contributed by atoms with van der Waals surface area (Å²) in [6.07, 6.45) is -2.47. The molecule has 0 aliphatic rings. The van der Waals surface area contributed by atoms with E-state index in [0.29, 0.717) is 11.9 Å². The molecule has 0 atom stereocenters. The minimum absolute atomic E-state index is 0.0795. The molecule has 2 rings (SSSR count). The summed E-state index contributed by atoms with van der Waals surface area (Å²) in [6.45, 7) is 1.48. The maximum atomic E-state index is 12.6. The van der Waals surface area contributed by atoms with Crippen molar-refractivity contribution in [1.29, 1.82) is 0 Å². The molecular weight excluding hydrogens is 383 g/mol. The summed E-state index contributed by atoms with van der Waals surface area (Å²) in [5, 5.41) is 0. The smallest absolute Gasteiger partial charge is 0.382 e. The quantitative estimate of drug-likeness (QED) is 0.610. The Morgan fingerprint density at radius 3 is 2.37 bits per heavy atom. The van der Waals surface area contributed by atoms with Gasteiger partial charge in [-0.1, -0.05) is 6.92 Å². The Hall–Kier alpha value is -2.69. The number of pyridine rings is 2. The van der Waals surface area contributed by atoms with Crippen LogP contribution in [0.4, 0.5) is 24.7 Å². The van der Waals surface area contributed by atoms with Crippen molar-refractivity contribution in [1.82, 2.24) is 9.97 Å². The van der Waals surface area contributed by atoms with Crippen molar-refractivity contribution >= 4 is 27.2 Å².